The lowest BCUT2D eigenvalue weighted by Gasteiger charge is -2.12. The number of carbonyl (C=O) groups excluding carboxylic acids is 2. The quantitative estimate of drug-likeness (QED) is 0.800. The highest BCUT2D eigenvalue weighted by atomic mass is 32.1. The number of hydrogen-bond acceptors (Lipinski definition) is 4. The maximum Gasteiger partial charge on any atom is 0.271 e. The number of rotatable bonds is 5. The molecular formula is C10H15N3O2S. The van der Waals surface area contributed by atoms with E-state index >= 15 is 0 Å². The van der Waals surface area contributed by atoms with Crippen LogP contribution in [-0.4, -0.2) is 29.4 Å². The summed E-state index contributed by atoms with van der Waals surface area (Å²) in [5, 5.41) is 6.94. The molecule has 0 aliphatic rings. The van der Waals surface area contributed by atoms with E-state index in [-0.39, 0.29) is 11.8 Å². The van der Waals surface area contributed by atoms with Crippen LogP contribution in [0.15, 0.2) is 10.9 Å². The van der Waals surface area contributed by atoms with Gasteiger partial charge in [-0.15, -0.1) is 11.3 Å². The van der Waals surface area contributed by atoms with Crippen LogP contribution in [0.25, 0.3) is 0 Å². The lowest BCUT2D eigenvalue weighted by atomic mass is 10.3. The van der Waals surface area contributed by atoms with Crippen molar-refractivity contribution < 1.29 is 9.59 Å². The Labute approximate surface area is 98.3 Å². The summed E-state index contributed by atoms with van der Waals surface area (Å²) in [5.41, 5.74) is 1.93. The van der Waals surface area contributed by atoms with E-state index < -0.39 is 6.04 Å². The number of aromatic nitrogens is 1. The van der Waals surface area contributed by atoms with Crippen LogP contribution in [0.2, 0.25) is 0 Å². The molecule has 0 fully saturated rings. The molecule has 0 aliphatic carbocycles. The van der Waals surface area contributed by atoms with Crippen molar-refractivity contribution in [3.63, 3.8) is 0 Å². The fourth-order valence-electron chi connectivity index (χ4n) is 1.06. The first kappa shape index (κ1) is 12.6. The van der Waals surface area contributed by atoms with Crippen LogP contribution in [0, 0.1) is 0 Å². The zero-order valence-corrected chi connectivity index (χ0v) is 10.1. The minimum atomic E-state index is -0.541. The largest absolute Gasteiger partial charge is 0.354 e. The van der Waals surface area contributed by atoms with Crippen molar-refractivity contribution in [1.82, 2.24) is 15.6 Å². The minimum Gasteiger partial charge on any atom is -0.354 e. The zero-order valence-electron chi connectivity index (χ0n) is 9.32. The van der Waals surface area contributed by atoms with E-state index in [9.17, 15) is 9.59 Å². The molecule has 1 atom stereocenters. The third kappa shape index (κ3) is 3.62. The second-order valence-electron chi connectivity index (χ2n) is 3.36. The number of nitrogens with one attached hydrogen (secondary N) is 2. The molecule has 5 nitrogen and oxygen atoms in total. The van der Waals surface area contributed by atoms with Crippen molar-refractivity contribution in [2.75, 3.05) is 6.54 Å². The topological polar surface area (TPSA) is 71.1 Å². The summed E-state index contributed by atoms with van der Waals surface area (Å²) in [6.07, 6.45) is 0.874. The van der Waals surface area contributed by atoms with Gasteiger partial charge >= 0.3 is 0 Å². The summed E-state index contributed by atoms with van der Waals surface area (Å²) in [4.78, 5) is 26.9. The first-order valence-corrected chi connectivity index (χ1v) is 6.06. The molecule has 0 saturated heterocycles. The maximum absolute atomic E-state index is 11.5. The molecular weight excluding hydrogens is 226 g/mol. The first-order chi connectivity index (χ1) is 7.65. The Morgan fingerprint density at radius 1 is 1.56 bits per heavy atom. The van der Waals surface area contributed by atoms with E-state index in [1.807, 2.05) is 6.92 Å². The Morgan fingerprint density at radius 3 is 2.88 bits per heavy atom. The van der Waals surface area contributed by atoms with Crippen LogP contribution in [0.4, 0.5) is 0 Å². The Bertz CT molecular complexity index is 351. The van der Waals surface area contributed by atoms with Gasteiger partial charge in [-0.3, -0.25) is 9.59 Å². The van der Waals surface area contributed by atoms with Crippen LogP contribution < -0.4 is 10.6 Å². The highest BCUT2D eigenvalue weighted by Gasteiger charge is 2.16. The smallest absolute Gasteiger partial charge is 0.271 e. The molecule has 88 valence electrons. The van der Waals surface area contributed by atoms with Gasteiger partial charge in [0.05, 0.1) is 5.51 Å². The van der Waals surface area contributed by atoms with Crippen molar-refractivity contribution >= 4 is 23.2 Å². The molecule has 0 aliphatic heterocycles. The van der Waals surface area contributed by atoms with Gasteiger partial charge in [0.15, 0.2) is 0 Å². The van der Waals surface area contributed by atoms with Crippen molar-refractivity contribution in [2.24, 2.45) is 0 Å². The van der Waals surface area contributed by atoms with Crippen LogP contribution >= 0.6 is 11.3 Å². The predicted octanol–water partition coefficient (Wildman–Crippen LogP) is 0.788. The molecule has 1 aromatic rings. The highest BCUT2D eigenvalue weighted by Crippen LogP contribution is 2.00. The highest BCUT2D eigenvalue weighted by molar-refractivity contribution is 7.07. The number of hydrogen-bond donors (Lipinski definition) is 2. The van der Waals surface area contributed by atoms with Crippen LogP contribution in [0.1, 0.15) is 30.8 Å². The molecule has 1 heterocycles. The maximum atomic E-state index is 11.5. The van der Waals surface area contributed by atoms with Crippen LogP contribution in [-0.2, 0) is 4.79 Å². The summed E-state index contributed by atoms with van der Waals surface area (Å²) < 4.78 is 0. The lowest BCUT2D eigenvalue weighted by Crippen LogP contribution is -2.45. The SMILES string of the molecule is CCCNC(=O)C(C)NC(=O)c1cscn1. The normalized spacial score (nSPS) is 11.9. The summed E-state index contributed by atoms with van der Waals surface area (Å²) in [5.74, 6) is -0.495. The van der Waals surface area contributed by atoms with E-state index in [0.717, 1.165) is 6.42 Å². The molecule has 16 heavy (non-hydrogen) atoms. The number of nitrogens with zero attached hydrogens (tertiary/aromatic N) is 1. The summed E-state index contributed by atoms with van der Waals surface area (Å²) >= 11 is 1.34. The average Bonchev–Trinajstić information content (AvgIpc) is 2.79. The fourth-order valence-corrected chi connectivity index (χ4v) is 1.59. The number of thiazole rings is 1. The fraction of sp³-hybridized carbons (Fsp3) is 0.500. The first-order valence-electron chi connectivity index (χ1n) is 5.12. The van der Waals surface area contributed by atoms with Gasteiger partial charge in [-0.05, 0) is 13.3 Å². The Balaban J connectivity index is 2.42. The van der Waals surface area contributed by atoms with Gasteiger partial charge in [0.1, 0.15) is 11.7 Å². The molecule has 0 aromatic carbocycles. The molecule has 2 amide bonds. The third-order valence-electron chi connectivity index (χ3n) is 1.96. The monoisotopic (exact) mass is 241 g/mol. The van der Waals surface area contributed by atoms with E-state index in [2.05, 4.69) is 15.6 Å². The van der Waals surface area contributed by atoms with Gasteiger partial charge in [-0.25, -0.2) is 4.98 Å². The summed E-state index contributed by atoms with van der Waals surface area (Å²) in [7, 11) is 0. The molecule has 0 spiro atoms. The molecule has 6 heteroatoms. The van der Waals surface area contributed by atoms with Crippen LogP contribution in [0.5, 0.6) is 0 Å². The summed E-state index contributed by atoms with van der Waals surface area (Å²) in [6.45, 7) is 4.24. The molecule has 1 rings (SSSR count). The van der Waals surface area contributed by atoms with Gasteiger partial charge in [0.2, 0.25) is 5.91 Å². The van der Waals surface area contributed by atoms with E-state index in [4.69, 9.17) is 0 Å². The summed E-state index contributed by atoms with van der Waals surface area (Å²) in [6, 6.07) is -0.541. The average molecular weight is 241 g/mol. The van der Waals surface area contributed by atoms with Gasteiger partial charge in [-0.1, -0.05) is 6.92 Å². The van der Waals surface area contributed by atoms with Gasteiger partial charge in [0, 0.05) is 11.9 Å². The molecule has 0 radical (unpaired) electrons. The van der Waals surface area contributed by atoms with Crippen LogP contribution in [0.3, 0.4) is 0 Å². The second-order valence-corrected chi connectivity index (χ2v) is 4.08. The lowest BCUT2D eigenvalue weighted by molar-refractivity contribution is -0.122. The van der Waals surface area contributed by atoms with Crippen molar-refractivity contribution in [1.29, 1.82) is 0 Å². The Morgan fingerprint density at radius 2 is 2.31 bits per heavy atom. The minimum absolute atomic E-state index is 0.176. The standard InChI is InChI=1S/C10H15N3O2S/c1-3-4-11-9(14)7(2)13-10(15)8-5-16-6-12-8/h5-7H,3-4H2,1-2H3,(H,11,14)(H,13,15). The zero-order chi connectivity index (χ0) is 12.0. The molecule has 0 bridgehead atoms. The van der Waals surface area contributed by atoms with E-state index in [1.165, 1.54) is 11.3 Å². The van der Waals surface area contributed by atoms with E-state index in [0.29, 0.717) is 12.2 Å². The van der Waals surface area contributed by atoms with E-state index in [1.54, 1.807) is 17.8 Å². The number of amides is 2. The molecule has 0 saturated carbocycles. The Hall–Kier alpha value is -1.43. The molecule has 1 unspecified atom stereocenters. The van der Waals surface area contributed by atoms with Gasteiger partial charge in [0.25, 0.3) is 5.91 Å². The predicted molar refractivity (Wildman–Crippen MR) is 62.3 cm³/mol. The second kappa shape index (κ2) is 6.22. The van der Waals surface area contributed by atoms with Crippen molar-refractivity contribution in [3.05, 3.63) is 16.6 Å². The number of carbonyl (C=O) groups is 2. The molecule has 2 N–H and O–H groups in total. The Kier molecular flexibility index (Phi) is 4.91. The van der Waals surface area contributed by atoms with Gasteiger partial charge in [-0.2, -0.15) is 0 Å². The van der Waals surface area contributed by atoms with Crippen molar-refractivity contribution in [3.8, 4) is 0 Å². The van der Waals surface area contributed by atoms with Crippen molar-refractivity contribution in [2.45, 2.75) is 26.3 Å². The van der Waals surface area contributed by atoms with Gasteiger partial charge < -0.3 is 10.6 Å². The molecule has 1 aromatic heterocycles. The third-order valence-corrected chi connectivity index (χ3v) is 2.54.